The summed E-state index contributed by atoms with van der Waals surface area (Å²) in [6, 6.07) is 13.1. The van der Waals surface area contributed by atoms with Gasteiger partial charge in [0, 0.05) is 36.2 Å². The predicted octanol–water partition coefficient (Wildman–Crippen LogP) is 3.74. The van der Waals surface area contributed by atoms with Crippen LogP contribution >= 0.6 is 0 Å². The fourth-order valence-corrected chi connectivity index (χ4v) is 3.52. The standard InChI is InChI=1S/C23H24N4O4/c1-15-14-24-23(25-17-4-6-18(7-5-17)27-9-11-31-12-10-27)26-21(15)16-3-8-19(22(28)29)20(13-16)30-2/h3-8,13-14H,9-12H2,1-2H3,(H,28,29)(H,24,25,26). The second-order valence-electron chi connectivity index (χ2n) is 7.22. The van der Waals surface area contributed by atoms with Crippen molar-refractivity contribution in [3.8, 4) is 17.0 Å². The molecule has 160 valence electrons. The number of carboxylic acid groups (broad SMARTS) is 1. The zero-order valence-corrected chi connectivity index (χ0v) is 17.5. The second kappa shape index (κ2) is 9.01. The number of hydrogen-bond donors (Lipinski definition) is 2. The number of aromatic carboxylic acids is 1. The van der Waals surface area contributed by atoms with Crippen LogP contribution < -0.4 is 15.0 Å². The van der Waals surface area contributed by atoms with Crippen molar-refractivity contribution in [1.82, 2.24) is 9.97 Å². The zero-order chi connectivity index (χ0) is 21.8. The molecule has 31 heavy (non-hydrogen) atoms. The van der Waals surface area contributed by atoms with Crippen LogP contribution in [0.1, 0.15) is 15.9 Å². The highest BCUT2D eigenvalue weighted by molar-refractivity contribution is 5.92. The second-order valence-corrected chi connectivity index (χ2v) is 7.22. The molecule has 0 radical (unpaired) electrons. The van der Waals surface area contributed by atoms with Gasteiger partial charge in [-0.1, -0.05) is 6.07 Å². The van der Waals surface area contributed by atoms with Gasteiger partial charge in [0.25, 0.3) is 0 Å². The summed E-state index contributed by atoms with van der Waals surface area (Å²) in [4.78, 5) is 22.7. The number of hydrogen-bond acceptors (Lipinski definition) is 7. The predicted molar refractivity (Wildman–Crippen MR) is 118 cm³/mol. The Morgan fingerprint density at radius 2 is 1.90 bits per heavy atom. The van der Waals surface area contributed by atoms with Crippen LogP contribution in [0.5, 0.6) is 5.75 Å². The van der Waals surface area contributed by atoms with Crippen molar-refractivity contribution in [3.63, 3.8) is 0 Å². The first-order chi connectivity index (χ1) is 15.0. The Kier molecular flexibility index (Phi) is 5.99. The lowest BCUT2D eigenvalue weighted by atomic mass is 10.0. The van der Waals surface area contributed by atoms with Crippen molar-refractivity contribution in [1.29, 1.82) is 0 Å². The summed E-state index contributed by atoms with van der Waals surface area (Å²) >= 11 is 0. The van der Waals surface area contributed by atoms with E-state index in [1.807, 2.05) is 19.1 Å². The molecule has 8 heteroatoms. The third-order valence-corrected chi connectivity index (χ3v) is 5.18. The van der Waals surface area contributed by atoms with Gasteiger partial charge in [0.2, 0.25) is 5.95 Å². The van der Waals surface area contributed by atoms with E-state index >= 15 is 0 Å². The Balaban J connectivity index is 1.56. The average Bonchev–Trinajstić information content (AvgIpc) is 2.81. The minimum atomic E-state index is -1.04. The molecule has 0 atom stereocenters. The van der Waals surface area contributed by atoms with Crippen LogP contribution in [0.15, 0.2) is 48.7 Å². The number of morpholine rings is 1. The number of nitrogens with zero attached hydrogens (tertiary/aromatic N) is 3. The van der Waals surface area contributed by atoms with Crippen molar-refractivity contribution >= 4 is 23.3 Å². The van der Waals surface area contributed by atoms with Gasteiger partial charge in [-0.3, -0.25) is 0 Å². The van der Waals surface area contributed by atoms with E-state index in [0.717, 1.165) is 48.8 Å². The summed E-state index contributed by atoms with van der Waals surface area (Å²) in [6.07, 6.45) is 1.74. The summed E-state index contributed by atoms with van der Waals surface area (Å²) < 4.78 is 10.7. The monoisotopic (exact) mass is 420 g/mol. The number of aromatic nitrogens is 2. The van der Waals surface area contributed by atoms with Crippen LogP contribution in [0.2, 0.25) is 0 Å². The first-order valence-corrected chi connectivity index (χ1v) is 10.0. The molecule has 0 aliphatic carbocycles. The molecule has 2 N–H and O–H groups in total. The van der Waals surface area contributed by atoms with Crippen molar-refractivity contribution in [2.24, 2.45) is 0 Å². The first-order valence-electron chi connectivity index (χ1n) is 10.0. The van der Waals surface area contributed by atoms with E-state index in [4.69, 9.17) is 9.47 Å². The lowest BCUT2D eigenvalue weighted by molar-refractivity contribution is 0.0693. The third kappa shape index (κ3) is 4.59. The number of carbonyl (C=O) groups is 1. The Bertz CT molecular complexity index is 1080. The van der Waals surface area contributed by atoms with Crippen LogP contribution in [-0.2, 0) is 4.74 Å². The number of nitrogens with one attached hydrogen (secondary N) is 1. The molecule has 0 spiro atoms. The fraction of sp³-hybridized carbons (Fsp3) is 0.261. The molecule has 8 nitrogen and oxygen atoms in total. The largest absolute Gasteiger partial charge is 0.496 e. The van der Waals surface area contributed by atoms with Gasteiger partial charge in [-0.25, -0.2) is 14.8 Å². The van der Waals surface area contributed by atoms with E-state index in [1.165, 1.54) is 13.2 Å². The maximum atomic E-state index is 11.4. The Hall–Kier alpha value is -3.65. The molecule has 4 rings (SSSR count). The van der Waals surface area contributed by atoms with Crippen LogP contribution in [0.4, 0.5) is 17.3 Å². The molecule has 0 bridgehead atoms. The summed E-state index contributed by atoms with van der Waals surface area (Å²) in [6.45, 7) is 5.19. The molecule has 3 aromatic rings. The van der Waals surface area contributed by atoms with Gasteiger partial charge in [-0.2, -0.15) is 0 Å². The number of aryl methyl sites for hydroxylation is 1. The fourth-order valence-electron chi connectivity index (χ4n) is 3.52. The van der Waals surface area contributed by atoms with Gasteiger partial charge < -0.3 is 24.8 Å². The topological polar surface area (TPSA) is 96.8 Å². The SMILES string of the molecule is COc1cc(-c2nc(Nc3ccc(N4CCOCC4)cc3)ncc2C)ccc1C(=O)O. The molecule has 0 unspecified atom stereocenters. The van der Waals surface area contributed by atoms with E-state index in [-0.39, 0.29) is 11.3 Å². The molecular formula is C23H24N4O4. The van der Waals surface area contributed by atoms with Crippen molar-refractivity contribution in [2.45, 2.75) is 6.92 Å². The number of anilines is 3. The summed E-state index contributed by atoms with van der Waals surface area (Å²) in [5.41, 5.74) is 4.48. The molecule has 1 aromatic heterocycles. The van der Waals surface area contributed by atoms with Gasteiger partial charge >= 0.3 is 5.97 Å². The van der Waals surface area contributed by atoms with Gasteiger partial charge in [-0.15, -0.1) is 0 Å². The summed E-state index contributed by atoms with van der Waals surface area (Å²) in [5, 5.41) is 12.5. The summed E-state index contributed by atoms with van der Waals surface area (Å²) in [7, 11) is 1.45. The van der Waals surface area contributed by atoms with Gasteiger partial charge in [0.1, 0.15) is 11.3 Å². The van der Waals surface area contributed by atoms with Gasteiger partial charge in [0.15, 0.2) is 0 Å². The molecule has 2 heterocycles. The number of carboxylic acids is 1. The average molecular weight is 420 g/mol. The first kappa shape index (κ1) is 20.6. The van der Waals surface area contributed by atoms with Gasteiger partial charge in [0.05, 0.1) is 26.0 Å². The van der Waals surface area contributed by atoms with Crippen LogP contribution in [0.25, 0.3) is 11.3 Å². The minimum Gasteiger partial charge on any atom is -0.496 e. The lowest BCUT2D eigenvalue weighted by Gasteiger charge is -2.28. The normalized spacial score (nSPS) is 13.7. The van der Waals surface area contributed by atoms with E-state index < -0.39 is 5.97 Å². The lowest BCUT2D eigenvalue weighted by Crippen LogP contribution is -2.36. The van der Waals surface area contributed by atoms with Crippen LogP contribution in [0.3, 0.4) is 0 Å². The number of benzene rings is 2. The molecule has 0 saturated carbocycles. The Labute approximate surface area is 180 Å². The minimum absolute atomic E-state index is 0.108. The molecule has 0 amide bonds. The van der Waals surface area contributed by atoms with Crippen molar-refractivity contribution in [3.05, 3.63) is 59.8 Å². The number of rotatable bonds is 6. The quantitative estimate of drug-likeness (QED) is 0.623. The summed E-state index contributed by atoms with van der Waals surface area (Å²) in [5.74, 6) is -0.289. The molecule has 1 aliphatic heterocycles. The Morgan fingerprint density at radius 3 is 2.58 bits per heavy atom. The van der Waals surface area contributed by atoms with E-state index in [2.05, 4.69) is 32.3 Å². The zero-order valence-electron chi connectivity index (χ0n) is 17.5. The maximum absolute atomic E-state index is 11.4. The Morgan fingerprint density at radius 1 is 1.16 bits per heavy atom. The van der Waals surface area contributed by atoms with E-state index in [1.54, 1.807) is 18.3 Å². The highest BCUT2D eigenvalue weighted by Crippen LogP contribution is 2.29. The molecule has 2 aromatic carbocycles. The molecule has 1 saturated heterocycles. The molecule has 1 aliphatic rings. The van der Waals surface area contributed by atoms with Crippen LogP contribution in [0, 0.1) is 6.92 Å². The third-order valence-electron chi connectivity index (χ3n) is 5.18. The van der Waals surface area contributed by atoms with Gasteiger partial charge in [-0.05, 0) is 48.9 Å². The smallest absolute Gasteiger partial charge is 0.339 e. The molecular weight excluding hydrogens is 396 g/mol. The number of ether oxygens (including phenoxy) is 2. The van der Waals surface area contributed by atoms with Crippen molar-refractivity contribution in [2.75, 3.05) is 43.6 Å². The highest BCUT2D eigenvalue weighted by atomic mass is 16.5. The maximum Gasteiger partial charge on any atom is 0.339 e. The number of methoxy groups -OCH3 is 1. The molecule has 1 fully saturated rings. The van der Waals surface area contributed by atoms with E-state index in [0.29, 0.717) is 11.6 Å². The van der Waals surface area contributed by atoms with E-state index in [9.17, 15) is 9.90 Å². The highest BCUT2D eigenvalue weighted by Gasteiger charge is 2.15. The van der Waals surface area contributed by atoms with Crippen molar-refractivity contribution < 1.29 is 19.4 Å². The van der Waals surface area contributed by atoms with Crippen LogP contribution in [-0.4, -0.2) is 54.5 Å².